The van der Waals surface area contributed by atoms with Crippen LogP contribution in [0.2, 0.25) is 0 Å². The first-order valence-electron chi connectivity index (χ1n) is 6.77. The molecule has 1 atom stereocenters. The Hall–Kier alpha value is -0.200. The Morgan fingerprint density at radius 3 is 2.11 bits per heavy atom. The van der Waals surface area contributed by atoms with E-state index in [1.54, 1.807) is 7.11 Å². The maximum Gasteiger partial charge on any atom is 0.0701 e. The minimum Gasteiger partial charge on any atom is -0.382 e. The van der Waals surface area contributed by atoms with E-state index in [0.717, 1.165) is 6.61 Å². The van der Waals surface area contributed by atoms with Gasteiger partial charge in [0.2, 0.25) is 0 Å². The summed E-state index contributed by atoms with van der Waals surface area (Å²) in [5.41, 5.74) is 0. The van der Waals surface area contributed by atoms with E-state index in [2.05, 4.69) is 11.9 Å². The zero-order valence-corrected chi connectivity index (χ0v) is 11.7. The van der Waals surface area contributed by atoms with Crippen molar-refractivity contribution in [3.8, 4) is 0 Å². The fourth-order valence-electron chi connectivity index (χ4n) is 1.99. The largest absolute Gasteiger partial charge is 0.382 e. The molecular formula is C13H27NO4. The number of methoxy groups -OCH3 is 1. The molecule has 1 aliphatic heterocycles. The van der Waals surface area contributed by atoms with E-state index in [4.69, 9.17) is 18.9 Å². The Morgan fingerprint density at radius 2 is 1.56 bits per heavy atom. The van der Waals surface area contributed by atoms with Crippen molar-refractivity contribution in [3.05, 3.63) is 0 Å². The fraction of sp³-hybridized carbons (Fsp3) is 1.00. The Morgan fingerprint density at radius 1 is 0.944 bits per heavy atom. The summed E-state index contributed by atoms with van der Waals surface area (Å²) in [6.45, 7) is 5.84. The molecule has 1 saturated heterocycles. The molecule has 0 aromatic carbocycles. The van der Waals surface area contributed by atoms with Crippen molar-refractivity contribution in [2.24, 2.45) is 0 Å². The maximum absolute atomic E-state index is 5.61. The molecule has 1 heterocycles. The fourth-order valence-corrected chi connectivity index (χ4v) is 1.99. The monoisotopic (exact) mass is 261 g/mol. The quantitative estimate of drug-likeness (QED) is 0.514. The summed E-state index contributed by atoms with van der Waals surface area (Å²) in [6.07, 6.45) is 2.55. The molecule has 1 fully saturated rings. The third kappa shape index (κ3) is 7.28. The summed E-state index contributed by atoms with van der Waals surface area (Å²) < 4.78 is 21.2. The first kappa shape index (κ1) is 15.9. The normalized spacial score (nSPS) is 20.7. The molecule has 5 heteroatoms. The second-order valence-electron chi connectivity index (χ2n) is 4.57. The van der Waals surface area contributed by atoms with Crippen LogP contribution in [0, 0.1) is 0 Å². The van der Waals surface area contributed by atoms with Crippen LogP contribution in [-0.4, -0.2) is 77.9 Å². The number of likely N-dealkylation sites (tertiary alicyclic amines) is 1. The van der Waals surface area contributed by atoms with Crippen molar-refractivity contribution < 1.29 is 18.9 Å². The van der Waals surface area contributed by atoms with E-state index < -0.39 is 0 Å². The lowest BCUT2D eigenvalue weighted by molar-refractivity contribution is -0.00267. The van der Waals surface area contributed by atoms with Gasteiger partial charge in [0.05, 0.1) is 46.2 Å². The summed E-state index contributed by atoms with van der Waals surface area (Å²) in [4.78, 5) is 2.37. The minimum atomic E-state index is 0.599. The predicted molar refractivity (Wildman–Crippen MR) is 70.0 cm³/mol. The second-order valence-corrected chi connectivity index (χ2v) is 4.57. The van der Waals surface area contributed by atoms with Crippen molar-refractivity contribution >= 4 is 0 Å². The Labute approximate surface area is 110 Å². The van der Waals surface area contributed by atoms with Gasteiger partial charge in [-0.1, -0.05) is 0 Å². The van der Waals surface area contributed by atoms with E-state index in [9.17, 15) is 0 Å². The predicted octanol–water partition coefficient (Wildman–Crippen LogP) is 0.777. The van der Waals surface area contributed by atoms with Gasteiger partial charge < -0.3 is 23.8 Å². The highest BCUT2D eigenvalue weighted by Gasteiger charge is 2.20. The summed E-state index contributed by atoms with van der Waals surface area (Å²) in [5.74, 6) is 0. The average Bonchev–Trinajstić information content (AvgIpc) is 2.77. The second kappa shape index (κ2) is 10.7. The summed E-state index contributed by atoms with van der Waals surface area (Å²) >= 11 is 0. The van der Waals surface area contributed by atoms with Crippen LogP contribution in [0.25, 0.3) is 0 Å². The van der Waals surface area contributed by atoms with Gasteiger partial charge in [-0.2, -0.15) is 0 Å². The molecule has 0 aromatic rings. The SMILES string of the molecule is COCCOCCOCCOCC1CCCN1C. The van der Waals surface area contributed by atoms with E-state index in [1.165, 1.54) is 19.4 Å². The van der Waals surface area contributed by atoms with Crippen molar-refractivity contribution in [1.82, 2.24) is 4.90 Å². The van der Waals surface area contributed by atoms with Crippen LogP contribution in [0.3, 0.4) is 0 Å². The van der Waals surface area contributed by atoms with Crippen LogP contribution in [0.4, 0.5) is 0 Å². The van der Waals surface area contributed by atoms with Gasteiger partial charge in [-0.15, -0.1) is 0 Å². The number of rotatable bonds is 11. The molecule has 0 N–H and O–H groups in total. The smallest absolute Gasteiger partial charge is 0.0701 e. The molecule has 0 saturated carbocycles. The van der Waals surface area contributed by atoms with E-state index in [-0.39, 0.29) is 0 Å². The molecular weight excluding hydrogens is 234 g/mol. The maximum atomic E-state index is 5.61. The highest BCUT2D eigenvalue weighted by Crippen LogP contribution is 2.14. The van der Waals surface area contributed by atoms with Gasteiger partial charge in [0.15, 0.2) is 0 Å². The van der Waals surface area contributed by atoms with Crippen molar-refractivity contribution in [2.75, 3.05) is 67.0 Å². The number of nitrogens with zero attached hydrogens (tertiary/aromatic N) is 1. The molecule has 0 bridgehead atoms. The van der Waals surface area contributed by atoms with Gasteiger partial charge in [0.25, 0.3) is 0 Å². The molecule has 0 amide bonds. The highest BCUT2D eigenvalue weighted by atomic mass is 16.6. The number of ether oxygens (including phenoxy) is 4. The number of hydrogen-bond acceptors (Lipinski definition) is 5. The standard InChI is InChI=1S/C13H27NO4/c1-14-5-3-4-13(14)12-18-11-10-17-9-8-16-7-6-15-2/h13H,3-12H2,1-2H3. The lowest BCUT2D eigenvalue weighted by Crippen LogP contribution is -2.29. The van der Waals surface area contributed by atoms with Crippen LogP contribution in [0.1, 0.15) is 12.8 Å². The van der Waals surface area contributed by atoms with Crippen LogP contribution >= 0.6 is 0 Å². The van der Waals surface area contributed by atoms with E-state index in [1.807, 2.05) is 0 Å². The number of hydrogen-bond donors (Lipinski definition) is 0. The van der Waals surface area contributed by atoms with Gasteiger partial charge >= 0.3 is 0 Å². The van der Waals surface area contributed by atoms with E-state index in [0.29, 0.717) is 45.7 Å². The molecule has 5 nitrogen and oxygen atoms in total. The van der Waals surface area contributed by atoms with E-state index >= 15 is 0 Å². The van der Waals surface area contributed by atoms with Gasteiger partial charge in [-0.05, 0) is 26.4 Å². The summed E-state index contributed by atoms with van der Waals surface area (Å²) in [6, 6.07) is 0.599. The Kier molecular flexibility index (Phi) is 9.42. The third-order valence-electron chi connectivity index (χ3n) is 3.16. The third-order valence-corrected chi connectivity index (χ3v) is 3.16. The molecule has 0 radical (unpaired) electrons. The zero-order chi connectivity index (χ0) is 13.1. The van der Waals surface area contributed by atoms with Gasteiger partial charge in [-0.25, -0.2) is 0 Å². The summed E-state index contributed by atoms with van der Waals surface area (Å²) in [7, 11) is 3.83. The first-order chi connectivity index (χ1) is 8.84. The zero-order valence-electron chi connectivity index (χ0n) is 11.7. The summed E-state index contributed by atoms with van der Waals surface area (Å²) in [5, 5.41) is 0. The Bertz CT molecular complexity index is 192. The lowest BCUT2D eigenvalue weighted by atomic mass is 10.2. The Balaban J connectivity index is 1.76. The molecule has 108 valence electrons. The molecule has 0 aromatic heterocycles. The van der Waals surface area contributed by atoms with Crippen LogP contribution in [-0.2, 0) is 18.9 Å². The van der Waals surface area contributed by atoms with Crippen molar-refractivity contribution in [1.29, 1.82) is 0 Å². The molecule has 0 aliphatic carbocycles. The highest BCUT2D eigenvalue weighted by molar-refractivity contribution is 4.75. The van der Waals surface area contributed by atoms with Gasteiger partial charge in [0.1, 0.15) is 0 Å². The lowest BCUT2D eigenvalue weighted by Gasteiger charge is -2.19. The topological polar surface area (TPSA) is 40.2 Å². The molecule has 1 rings (SSSR count). The molecule has 0 spiro atoms. The van der Waals surface area contributed by atoms with Crippen molar-refractivity contribution in [2.45, 2.75) is 18.9 Å². The molecule has 1 aliphatic rings. The average molecular weight is 261 g/mol. The van der Waals surface area contributed by atoms with Crippen LogP contribution in [0.15, 0.2) is 0 Å². The van der Waals surface area contributed by atoms with Crippen molar-refractivity contribution in [3.63, 3.8) is 0 Å². The minimum absolute atomic E-state index is 0.599. The van der Waals surface area contributed by atoms with Crippen LogP contribution in [0.5, 0.6) is 0 Å². The first-order valence-corrected chi connectivity index (χ1v) is 6.77. The van der Waals surface area contributed by atoms with Gasteiger partial charge in [0, 0.05) is 13.2 Å². The molecule has 18 heavy (non-hydrogen) atoms. The van der Waals surface area contributed by atoms with Gasteiger partial charge in [-0.3, -0.25) is 0 Å². The number of likely N-dealkylation sites (N-methyl/N-ethyl adjacent to an activating group) is 1. The molecule has 1 unspecified atom stereocenters. The van der Waals surface area contributed by atoms with Crippen LogP contribution < -0.4 is 0 Å².